The van der Waals surface area contributed by atoms with Crippen LogP contribution in [0.1, 0.15) is 52.2 Å². The fourth-order valence-electron chi connectivity index (χ4n) is 4.07. The van der Waals surface area contributed by atoms with Crippen molar-refractivity contribution >= 4 is 23.0 Å². The van der Waals surface area contributed by atoms with E-state index in [2.05, 4.69) is 20.3 Å². The van der Waals surface area contributed by atoms with Gasteiger partial charge in [-0.1, -0.05) is 26.7 Å². The van der Waals surface area contributed by atoms with Crippen LogP contribution >= 0.6 is 0 Å². The molecule has 0 aromatic carbocycles. The minimum atomic E-state index is -1.21. The average molecular weight is 419 g/mol. The summed E-state index contributed by atoms with van der Waals surface area (Å²) in [5.41, 5.74) is 1.08. The first kappa shape index (κ1) is 21.0. The van der Waals surface area contributed by atoms with Crippen LogP contribution in [0.4, 0.5) is 5.82 Å². The lowest BCUT2D eigenvalue weighted by molar-refractivity contribution is -0.150. The van der Waals surface area contributed by atoms with Gasteiger partial charge in [0.25, 0.3) is 0 Å². The van der Waals surface area contributed by atoms with Crippen molar-refractivity contribution in [3.8, 4) is 0 Å². The van der Waals surface area contributed by atoms with E-state index in [1.807, 2.05) is 13.8 Å². The molecule has 0 radical (unpaired) electrons. The maximum absolute atomic E-state index is 11.8. The maximum atomic E-state index is 11.8. The van der Waals surface area contributed by atoms with E-state index in [1.54, 1.807) is 4.57 Å². The Bertz CT molecular complexity index is 882. The zero-order chi connectivity index (χ0) is 21.3. The van der Waals surface area contributed by atoms with E-state index in [4.69, 9.17) is 9.47 Å². The van der Waals surface area contributed by atoms with Gasteiger partial charge in [0.2, 0.25) is 0 Å². The summed E-state index contributed by atoms with van der Waals surface area (Å²) < 4.78 is 12.6. The molecule has 2 aromatic rings. The quantitative estimate of drug-likeness (QED) is 0.570. The third-order valence-electron chi connectivity index (χ3n) is 5.65. The van der Waals surface area contributed by atoms with Gasteiger partial charge in [-0.15, -0.1) is 0 Å². The summed E-state index contributed by atoms with van der Waals surface area (Å²) in [5, 5.41) is 24.4. The summed E-state index contributed by atoms with van der Waals surface area (Å²) in [6.45, 7) is 3.71. The molecule has 1 aliphatic carbocycles. The molecule has 2 aromatic heterocycles. The molecule has 164 valence electrons. The average Bonchev–Trinajstić information content (AvgIpc) is 3.42. The number of hydrogen-bond acceptors (Lipinski definition) is 9. The highest BCUT2D eigenvalue weighted by Crippen LogP contribution is 2.33. The standard InChI is InChI=1S/C20H29N5O5/c1-11(2)7-14(26)29-8-13-16(27)17(28)20(30-13)25-10-23-15-18(21-9-22-19(15)25)24-12-5-3-4-6-12/h9-13,16-17,20,27-28H,3-8H2,1-2H3,(H,21,22,24)/t13-,16-,17-,20?/m1/s1. The van der Waals surface area contributed by atoms with Gasteiger partial charge in [-0.3, -0.25) is 9.36 Å². The molecule has 4 atom stereocenters. The van der Waals surface area contributed by atoms with Gasteiger partial charge in [0.15, 0.2) is 23.2 Å². The predicted molar refractivity (Wildman–Crippen MR) is 108 cm³/mol. The summed E-state index contributed by atoms with van der Waals surface area (Å²) in [5.74, 6) is 0.467. The van der Waals surface area contributed by atoms with Crippen LogP contribution in [0.15, 0.2) is 12.7 Å². The SMILES string of the molecule is CC(C)CC(=O)OC[C@H]1OC(n2cnc3c(NC4CCCC4)ncnc32)[C@H](O)[C@@H]1O. The van der Waals surface area contributed by atoms with Gasteiger partial charge in [0.1, 0.15) is 31.2 Å². The number of nitrogens with one attached hydrogen (secondary N) is 1. The van der Waals surface area contributed by atoms with Crippen molar-refractivity contribution in [3.63, 3.8) is 0 Å². The number of nitrogens with zero attached hydrogens (tertiary/aromatic N) is 4. The Hall–Kier alpha value is -2.30. The molecule has 30 heavy (non-hydrogen) atoms. The fraction of sp³-hybridized carbons (Fsp3) is 0.700. The van der Waals surface area contributed by atoms with E-state index in [-0.39, 0.29) is 24.9 Å². The van der Waals surface area contributed by atoms with Crippen LogP contribution in [-0.4, -0.2) is 66.7 Å². The number of rotatable bonds is 7. The molecule has 3 heterocycles. The molecule has 0 amide bonds. The number of aliphatic hydroxyl groups is 2. The Labute approximate surface area is 174 Å². The lowest BCUT2D eigenvalue weighted by atomic mass is 10.1. The number of carbonyl (C=O) groups excluding carboxylic acids is 1. The molecular weight excluding hydrogens is 390 g/mol. The zero-order valence-electron chi connectivity index (χ0n) is 17.3. The van der Waals surface area contributed by atoms with Gasteiger partial charge in [0.05, 0.1) is 6.33 Å². The van der Waals surface area contributed by atoms with Gasteiger partial charge >= 0.3 is 5.97 Å². The fourth-order valence-corrected chi connectivity index (χ4v) is 4.07. The van der Waals surface area contributed by atoms with Gasteiger partial charge in [-0.2, -0.15) is 0 Å². The monoisotopic (exact) mass is 419 g/mol. The highest BCUT2D eigenvalue weighted by atomic mass is 16.6. The van der Waals surface area contributed by atoms with E-state index in [9.17, 15) is 15.0 Å². The molecule has 10 nitrogen and oxygen atoms in total. The zero-order valence-corrected chi connectivity index (χ0v) is 17.3. The van der Waals surface area contributed by atoms with Crippen LogP contribution in [0, 0.1) is 5.92 Å². The van der Waals surface area contributed by atoms with E-state index in [0.717, 1.165) is 12.8 Å². The molecule has 1 unspecified atom stereocenters. The lowest BCUT2D eigenvalue weighted by Gasteiger charge is -2.17. The van der Waals surface area contributed by atoms with Gasteiger partial charge in [-0.25, -0.2) is 15.0 Å². The van der Waals surface area contributed by atoms with Crippen molar-refractivity contribution in [2.45, 2.75) is 76.5 Å². The second kappa shape index (κ2) is 8.83. The Morgan fingerprint density at radius 3 is 2.77 bits per heavy atom. The Morgan fingerprint density at radius 1 is 1.27 bits per heavy atom. The first-order valence-electron chi connectivity index (χ1n) is 10.6. The number of hydrogen-bond donors (Lipinski definition) is 3. The van der Waals surface area contributed by atoms with Crippen LogP contribution in [0.25, 0.3) is 11.2 Å². The first-order valence-corrected chi connectivity index (χ1v) is 10.6. The smallest absolute Gasteiger partial charge is 0.306 e. The van der Waals surface area contributed by atoms with Crippen molar-refractivity contribution in [3.05, 3.63) is 12.7 Å². The van der Waals surface area contributed by atoms with Crippen molar-refractivity contribution in [1.29, 1.82) is 0 Å². The minimum Gasteiger partial charge on any atom is -0.463 e. The van der Waals surface area contributed by atoms with Crippen LogP contribution in [0.3, 0.4) is 0 Å². The van der Waals surface area contributed by atoms with Gasteiger partial charge in [-0.05, 0) is 18.8 Å². The summed E-state index contributed by atoms with van der Waals surface area (Å²) in [7, 11) is 0. The maximum Gasteiger partial charge on any atom is 0.306 e. The largest absolute Gasteiger partial charge is 0.463 e. The Morgan fingerprint density at radius 2 is 2.03 bits per heavy atom. The molecule has 3 N–H and O–H groups in total. The first-order chi connectivity index (χ1) is 14.4. The second-order valence-corrected chi connectivity index (χ2v) is 8.50. The molecule has 1 saturated heterocycles. The number of aliphatic hydroxyl groups excluding tert-OH is 2. The topological polar surface area (TPSA) is 132 Å². The molecule has 0 bridgehead atoms. The molecule has 2 fully saturated rings. The number of anilines is 1. The molecule has 0 spiro atoms. The number of ether oxygens (including phenoxy) is 2. The molecule has 1 saturated carbocycles. The highest BCUT2D eigenvalue weighted by molar-refractivity contribution is 5.82. The van der Waals surface area contributed by atoms with Crippen molar-refractivity contribution in [2.75, 3.05) is 11.9 Å². The van der Waals surface area contributed by atoms with E-state index in [1.165, 1.54) is 25.5 Å². The number of carbonyl (C=O) groups is 1. The predicted octanol–water partition coefficient (Wildman–Crippen LogP) is 1.39. The number of fused-ring (bicyclic) bond motifs is 1. The van der Waals surface area contributed by atoms with Crippen LogP contribution in [0.2, 0.25) is 0 Å². The van der Waals surface area contributed by atoms with Gasteiger partial charge in [0, 0.05) is 12.5 Å². The lowest BCUT2D eigenvalue weighted by Crippen LogP contribution is -2.34. The van der Waals surface area contributed by atoms with Crippen LogP contribution in [0.5, 0.6) is 0 Å². The normalized spacial score (nSPS) is 27.2. The van der Waals surface area contributed by atoms with Crippen LogP contribution in [-0.2, 0) is 14.3 Å². The summed E-state index contributed by atoms with van der Waals surface area (Å²) in [4.78, 5) is 24.8. The molecule has 4 rings (SSSR count). The van der Waals surface area contributed by atoms with Crippen molar-refractivity contribution in [2.24, 2.45) is 5.92 Å². The summed E-state index contributed by atoms with van der Waals surface area (Å²) in [6, 6.07) is 0.369. The van der Waals surface area contributed by atoms with Crippen LogP contribution < -0.4 is 5.32 Å². The van der Waals surface area contributed by atoms with Crippen molar-refractivity contribution in [1.82, 2.24) is 19.5 Å². The van der Waals surface area contributed by atoms with E-state index < -0.39 is 24.5 Å². The molecule has 2 aliphatic rings. The van der Waals surface area contributed by atoms with Gasteiger partial charge < -0.3 is 25.0 Å². The second-order valence-electron chi connectivity index (χ2n) is 8.50. The van der Waals surface area contributed by atoms with Crippen molar-refractivity contribution < 1.29 is 24.5 Å². The summed E-state index contributed by atoms with van der Waals surface area (Å²) in [6.07, 6.45) is 3.70. The number of aromatic nitrogens is 4. The third kappa shape index (κ3) is 4.26. The highest BCUT2D eigenvalue weighted by Gasteiger charge is 2.45. The molecular formula is C20H29N5O5. The molecule has 10 heteroatoms. The Balaban J connectivity index is 1.48. The number of esters is 1. The van der Waals surface area contributed by atoms with E-state index >= 15 is 0 Å². The third-order valence-corrected chi connectivity index (χ3v) is 5.65. The molecule has 1 aliphatic heterocycles. The minimum absolute atomic E-state index is 0.129. The summed E-state index contributed by atoms with van der Waals surface area (Å²) >= 11 is 0. The number of imidazole rings is 1. The Kier molecular flexibility index (Phi) is 6.16. The van der Waals surface area contributed by atoms with E-state index in [0.29, 0.717) is 23.0 Å².